The smallest absolute Gasteiger partial charge is 0.416 e. The Morgan fingerprint density at radius 1 is 1.07 bits per heavy atom. The van der Waals surface area contributed by atoms with Crippen LogP contribution in [-0.2, 0) is 15.8 Å². The summed E-state index contributed by atoms with van der Waals surface area (Å²) in [5.41, 5.74) is 3.45. The molecule has 2 aromatic carbocycles. The first-order valence-corrected chi connectivity index (χ1v) is 8.03. The Morgan fingerprint density at radius 2 is 1.79 bits per heavy atom. The molecule has 0 heterocycles. The van der Waals surface area contributed by atoms with Gasteiger partial charge in [0.25, 0.3) is 11.8 Å². The number of hydrogen-bond acceptors (Lipinski definition) is 3. The van der Waals surface area contributed by atoms with Crippen LogP contribution < -0.4 is 15.6 Å². The highest BCUT2D eigenvalue weighted by Gasteiger charge is 2.30. The van der Waals surface area contributed by atoms with E-state index >= 15 is 0 Å². The number of nitrogens with one attached hydrogen (secondary N) is 2. The highest BCUT2D eigenvalue weighted by atomic mass is 19.4. The molecule has 1 atom stereocenters. The number of para-hydroxylation sites is 1. The largest absolute Gasteiger partial charge is 0.478 e. The number of benzene rings is 2. The summed E-state index contributed by atoms with van der Waals surface area (Å²) in [5.74, 6) is -2.29. The number of rotatable bonds is 5. The molecular weight excluding hydrogens is 380 g/mol. The van der Waals surface area contributed by atoms with Crippen LogP contribution in [0.1, 0.15) is 18.1 Å². The van der Waals surface area contributed by atoms with Crippen LogP contribution in [0.5, 0.6) is 5.75 Å². The highest BCUT2D eigenvalue weighted by Crippen LogP contribution is 2.29. The van der Waals surface area contributed by atoms with Gasteiger partial charge in [-0.3, -0.25) is 20.4 Å². The summed E-state index contributed by atoms with van der Waals surface area (Å²) in [5, 5.41) is 0. The van der Waals surface area contributed by atoms with Crippen molar-refractivity contribution in [2.45, 2.75) is 19.2 Å². The van der Waals surface area contributed by atoms with Gasteiger partial charge in [-0.05, 0) is 42.8 Å². The average molecular weight is 396 g/mol. The van der Waals surface area contributed by atoms with E-state index in [0.717, 1.165) is 24.3 Å². The fraction of sp³-hybridized carbons (Fsp3) is 0.158. The van der Waals surface area contributed by atoms with Crippen LogP contribution in [-0.4, -0.2) is 17.9 Å². The number of carbonyl (C=O) groups excluding carboxylic acids is 2. The van der Waals surface area contributed by atoms with Crippen LogP contribution in [0.25, 0.3) is 6.08 Å². The van der Waals surface area contributed by atoms with Crippen molar-refractivity contribution >= 4 is 17.9 Å². The molecule has 0 aliphatic carbocycles. The number of hydrazine groups is 1. The first-order valence-electron chi connectivity index (χ1n) is 8.03. The summed E-state index contributed by atoms with van der Waals surface area (Å²) in [6.07, 6.45) is -3.48. The topological polar surface area (TPSA) is 67.4 Å². The lowest BCUT2D eigenvalue weighted by atomic mass is 10.1. The number of halogens is 4. The Kier molecular flexibility index (Phi) is 6.75. The molecule has 5 nitrogen and oxygen atoms in total. The maximum atomic E-state index is 13.5. The lowest BCUT2D eigenvalue weighted by Gasteiger charge is -2.15. The van der Waals surface area contributed by atoms with Gasteiger partial charge in [-0.1, -0.05) is 24.3 Å². The normalized spacial score (nSPS) is 12.5. The first kappa shape index (κ1) is 20.9. The Balaban J connectivity index is 1.87. The molecule has 2 rings (SSSR count). The fourth-order valence-electron chi connectivity index (χ4n) is 2.04. The summed E-state index contributed by atoms with van der Waals surface area (Å²) in [4.78, 5) is 23.6. The standard InChI is InChI=1S/C19H16F4N2O3/c1-12(28-16-8-3-2-7-15(16)20)18(27)25-24-17(26)10-9-13-5-4-6-14(11-13)19(21,22)23/h2-12H,1H3,(H,24,26)(H,25,27)/b10-9+. The van der Waals surface area contributed by atoms with Gasteiger partial charge >= 0.3 is 6.18 Å². The maximum Gasteiger partial charge on any atom is 0.416 e. The number of alkyl halides is 3. The van der Waals surface area contributed by atoms with Crippen molar-refractivity contribution in [2.24, 2.45) is 0 Å². The molecule has 0 saturated carbocycles. The minimum Gasteiger partial charge on any atom is -0.478 e. The lowest BCUT2D eigenvalue weighted by molar-refractivity contribution is -0.137. The molecule has 0 saturated heterocycles. The second-order valence-electron chi connectivity index (χ2n) is 5.63. The zero-order valence-corrected chi connectivity index (χ0v) is 14.6. The van der Waals surface area contributed by atoms with Crippen molar-refractivity contribution in [1.29, 1.82) is 0 Å². The number of amides is 2. The quantitative estimate of drug-likeness (QED) is 0.462. The minimum absolute atomic E-state index is 0.124. The molecule has 2 N–H and O–H groups in total. The van der Waals surface area contributed by atoms with Gasteiger partial charge in [-0.15, -0.1) is 0 Å². The maximum absolute atomic E-state index is 13.5. The predicted octanol–water partition coefficient (Wildman–Crippen LogP) is 3.47. The molecular formula is C19H16F4N2O3. The van der Waals surface area contributed by atoms with E-state index in [4.69, 9.17) is 4.74 Å². The van der Waals surface area contributed by atoms with E-state index in [0.29, 0.717) is 0 Å². The summed E-state index contributed by atoms with van der Waals surface area (Å²) in [6, 6.07) is 9.90. The molecule has 0 bridgehead atoms. The van der Waals surface area contributed by atoms with E-state index in [1.807, 2.05) is 0 Å². The van der Waals surface area contributed by atoms with Crippen LogP contribution in [0.15, 0.2) is 54.6 Å². The van der Waals surface area contributed by atoms with E-state index < -0.39 is 35.5 Å². The van der Waals surface area contributed by atoms with Crippen LogP contribution in [0, 0.1) is 5.82 Å². The summed E-state index contributed by atoms with van der Waals surface area (Å²) >= 11 is 0. The van der Waals surface area contributed by atoms with E-state index in [1.54, 1.807) is 0 Å². The van der Waals surface area contributed by atoms with Gasteiger partial charge in [0.1, 0.15) is 0 Å². The summed E-state index contributed by atoms with van der Waals surface area (Å²) in [6.45, 7) is 1.35. The van der Waals surface area contributed by atoms with Crippen LogP contribution in [0.4, 0.5) is 17.6 Å². The predicted molar refractivity (Wildman–Crippen MR) is 93.3 cm³/mol. The van der Waals surface area contributed by atoms with Crippen molar-refractivity contribution in [3.63, 3.8) is 0 Å². The molecule has 0 fully saturated rings. The Labute approximate surface area is 158 Å². The fourth-order valence-corrected chi connectivity index (χ4v) is 2.04. The molecule has 0 radical (unpaired) electrons. The number of ether oxygens (including phenoxy) is 1. The molecule has 0 aliphatic rings. The molecule has 9 heteroatoms. The lowest BCUT2D eigenvalue weighted by Crippen LogP contribution is -2.46. The molecule has 2 amide bonds. The second-order valence-corrected chi connectivity index (χ2v) is 5.63. The van der Waals surface area contributed by atoms with Gasteiger partial charge in [0, 0.05) is 6.08 Å². The van der Waals surface area contributed by atoms with Crippen molar-refractivity contribution < 1.29 is 31.9 Å². The molecule has 148 valence electrons. The third kappa shape index (κ3) is 6.11. The van der Waals surface area contributed by atoms with Gasteiger partial charge in [-0.2, -0.15) is 13.2 Å². The van der Waals surface area contributed by atoms with E-state index in [1.165, 1.54) is 43.3 Å². The first-order chi connectivity index (χ1) is 13.2. The van der Waals surface area contributed by atoms with Crippen molar-refractivity contribution in [3.8, 4) is 5.75 Å². The zero-order valence-electron chi connectivity index (χ0n) is 14.6. The minimum atomic E-state index is -4.49. The van der Waals surface area contributed by atoms with Crippen LogP contribution in [0.3, 0.4) is 0 Å². The van der Waals surface area contributed by atoms with Crippen molar-refractivity contribution in [3.05, 3.63) is 71.6 Å². The van der Waals surface area contributed by atoms with E-state index in [2.05, 4.69) is 10.9 Å². The number of hydrogen-bond donors (Lipinski definition) is 2. The monoisotopic (exact) mass is 396 g/mol. The van der Waals surface area contributed by atoms with Crippen LogP contribution in [0.2, 0.25) is 0 Å². The van der Waals surface area contributed by atoms with Gasteiger partial charge in [0.2, 0.25) is 0 Å². The zero-order chi connectivity index (χ0) is 20.7. The van der Waals surface area contributed by atoms with E-state index in [-0.39, 0.29) is 11.3 Å². The molecule has 0 aliphatic heterocycles. The summed E-state index contributed by atoms with van der Waals surface area (Å²) in [7, 11) is 0. The average Bonchev–Trinajstić information content (AvgIpc) is 2.65. The Hall–Kier alpha value is -3.36. The molecule has 0 spiro atoms. The van der Waals surface area contributed by atoms with Gasteiger partial charge < -0.3 is 4.74 Å². The molecule has 1 unspecified atom stereocenters. The highest BCUT2D eigenvalue weighted by molar-refractivity contribution is 5.93. The summed E-state index contributed by atoms with van der Waals surface area (Å²) < 4.78 is 56.6. The van der Waals surface area contributed by atoms with Crippen LogP contribution >= 0.6 is 0 Å². The van der Waals surface area contributed by atoms with Gasteiger partial charge in [0.15, 0.2) is 17.7 Å². The Bertz CT molecular complexity index is 881. The van der Waals surface area contributed by atoms with E-state index in [9.17, 15) is 27.2 Å². The molecule has 2 aromatic rings. The third-order valence-corrected chi connectivity index (χ3v) is 3.46. The molecule has 28 heavy (non-hydrogen) atoms. The second kappa shape index (κ2) is 9.03. The van der Waals surface area contributed by atoms with Crippen molar-refractivity contribution in [1.82, 2.24) is 10.9 Å². The third-order valence-electron chi connectivity index (χ3n) is 3.46. The molecule has 0 aromatic heterocycles. The SMILES string of the molecule is CC(Oc1ccccc1F)C(=O)NNC(=O)/C=C/c1cccc(C(F)(F)F)c1. The Morgan fingerprint density at radius 3 is 2.46 bits per heavy atom. The van der Waals surface area contributed by atoms with Gasteiger partial charge in [0.05, 0.1) is 5.56 Å². The number of carbonyl (C=O) groups is 2. The van der Waals surface area contributed by atoms with Crippen molar-refractivity contribution in [2.75, 3.05) is 0 Å². The van der Waals surface area contributed by atoms with Gasteiger partial charge in [-0.25, -0.2) is 4.39 Å².